The molecule has 36 heavy (non-hydrogen) atoms. The molecule has 0 aliphatic rings. The second kappa shape index (κ2) is 11.5. The van der Waals surface area contributed by atoms with Crippen molar-refractivity contribution >= 4 is 28.5 Å². The Morgan fingerprint density at radius 2 is 1.92 bits per heavy atom. The lowest BCUT2D eigenvalue weighted by atomic mass is 10.1. The van der Waals surface area contributed by atoms with Gasteiger partial charge in [-0.3, -0.25) is 14.5 Å². The average molecular weight is 509 g/mol. The highest BCUT2D eigenvalue weighted by atomic mass is 35.5. The number of hydrogen-bond acceptors (Lipinski definition) is 7. The molecule has 1 N–H and O–H groups in total. The Labute approximate surface area is 214 Å². The van der Waals surface area contributed by atoms with Crippen molar-refractivity contribution in [3.63, 3.8) is 0 Å². The van der Waals surface area contributed by atoms with E-state index in [9.17, 15) is 9.59 Å². The van der Waals surface area contributed by atoms with Gasteiger partial charge in [0.25, 0.3) is 5.56 Å². The molecule has 0 unspecified atom stereocenters. The minimum Gasteiger partial charge on any atom is -0.465 e. The van der Waals surface area contributed by atoms with E-state index < -0.39 is 5.97 Å². The summed E-state index contributed by atoms with van der Waals surface area (Å²) in [6.45, 7) is 6.75. The molecule has 10 heteroatoms. The number of pyridine rings is 1. The van der Waals surface area contributed by atoms with Gasteiger partial charge in [0.1, 0.15) is 6.54 Å². The smallest absolute Gasteiger partial charge is 0.327 e. The molecule has 188 valence electrons. The van der Waals surface area contributed by atoms with Crippen LogP contribution in [0.5, 0.6) is 0 Å². The van der Waals surface area contributed by atoms with Gasteiger partial charge in [0.05, 0.1) is 12.6 Å². The molecule has 0 spiro atoms. The number of halogens is 1. The van der Waals surface area contributed by atoms with Crippen LogP contribution in [0.15, 0.2) is 53.3 Å². The molecule has 4 aromatic rings. The standard InChI is InChI=1S/C26H29ClN6O3/c1-4-23(25-29-30-31-33(25)16-24(34)36-5-2)32(14-18-8-6-7-9-21(18)27)15-20-13-19-12-17(3)10-11-22(19)28-26(20)35/h6-13,23H,4-5,14-16H2,1-3H3,(H,28,35)/t23-/m0/s1. The fourth-order valence-electron chi connectivity index (χ4n) is 4.33. The molecule has 0 radical (unpaired) electrons. The third-order valence-electron chi connectivity index (χ3n) is 6.05. The van der Waals surface area contributed by atoms with Crippen molar-refractivity contribution in [1.29, 1.82) is 0 Å². The Hall–Kier alpha value is -3.56. The van der Waals surface area contributed by atoms with Crippen molar-refractivity contribution in [3.8, 4) is 0 Å². The summed E-state index contributed by atoms with van der Waals surface area (Å²) in [5.74, 6) is 0.102. The Kier molecular flexibility index (Phi) is 8.12. The van der Waals surface area contributed by atoms with E-state index in [0.29, 0.717) is 35.9 Å². The van der Waals surface area contributed by atoms with E-state index >= 15 is 0 Å². The second-order valence-electron chi connectivity index (χ2n) is 8.63. The van der Waals surface area contributed by atoms with Gasteiger partial charge in [0.15, 0.2) is 5.82 Å². The van der Waals surface area contributed by atoms with Gasteiger partial charge in [0, 0.05) is 29.2 Å². The number of nitrogens with zero attached hydrogens (tertiary/aromatic N) is 5. The number of benzene rings is 2. The fourth-order valence-corrected chi connectivity index (χ4v) is 4.52. The molecule has 0 fully saturated rings. The molecular weight excluding hydrogens is 480 g/mol. The van der Waals surface area contributed by atoms with Crippen LogP contribution < -0.4 is 5.56 Å². The van der Waals surface area contributed by atoms with Gasteiger partial charge in [0.2, 0.25) is 0 Å². The maximum absolute atomic E-state index is 13.0. The van der Waals surface area contributed by atoms with Gasteiger partial charge in [-0.15, -0.1) is 5.10 Å². The third-order valence-corrected chi connectivity index (χ3v) is 6.42. The number of aromatic nitrogens is 5. The molecule has 2 heterocycles. The van der Waals surface area contributed by atoms with E-state index in [1.54, 1.807) is 6.92 Å². The van der Waals surface area contributed by atoms with E-state index in [2.05, 4.69) is 25.4 Å². The average Bonchev–Trinajstić information content (AvgIpc) is 3.29. The molecule has 2 aromatic heterocycles. The molecule has 0 aliphatic carbocycles. The predicted octanol–water partition coefficient (Wildman–Crippen LogP) is 4.19. The normalized spacial score (nSPS) is 12.2. The number of H-pyrrole nitrogens is 1. The van der Waals surface area contributed by atoms with Gasteiger partial charge in [-0.25, -0.2) is 4.68 Å². The van der Waals surface area contributed by atoms with E-state index in [1.165, 1.54) is 4.68 Å². The van der Waals surface area contributed by atoms with Crippen molar-refractivity contribution < 1.29 is 9.53 Å². The van der Waals surface area contributed by atoms with E-state index in [0.717, 1.165) is 22.0 Å². The van der Waals surface area contributed by atoms with Crippen LogP contribution in [0.2, 0.25) is 5.02 Å². The number of esters is 1. The number of carbonyl (C=O) groups excluding carboxylic acids is 1. The van der Waals surface area contributed by atoms with Crippen LogP contribution in [0, 0.1) is 6.92 Å². The van der Waals surface area contributed by atoms with Crippen molar-refractivity contribution in [2.75, 3.05) is 6.61 Å². The zero-order valence-electron chi connectivity index (χ0n) is 20.6. The summed E-state index contributed by atoms with van der Waals surface area (Å²) in [6.07, 6.45) is 0.637. The number of aryl methyl sites for hydroxylation is 1. The van der Waals surface area contributed by atoms with Gasteiger partial charge < -0.3 is 9.72 Å². The van der Waals surface area contributed by atoms with Crippen molar-refractivity contribution in [2.45, 2.75) is 52.9 Å². The number of aromatic amines is 1. The maximum atomic E-state index is 13.0. The Bertz CT molecular complexity index is 1420. The summed E-state index contributed by atoms with van der Waals surface area (Å²) in [6, 6.07) is 15.2. The number of ether oxygens (including phenoxy) is 1. The number of tetrazole rings is 1. The summed E-state index contributed by atoms with van der Waals surface area (Å²) in [5.41, 5.74) is 3.27. The predicted molar refractivity (Wildman–Crippen MR) is 137 cm³/mol. The highest BCUT2D eigenvalue weighted by molar-refractivity contribution is 6.31. The third kappa shape index (κ3) is 5.80. The van der Waals surface area contributed by atoms with Crippen molar-refractivity contribution in [2.24, 2.45) is 0 Å². The minimum absolute atomic E-state index is 0.0948. The lowest BCUT2D eigenvalue weighted by molar-refractivity contribution is -0.144. The van der Waals surface area contributed by atoms with Crippen molar-refractivity contribution in [3.05, 3.63) is 86.4 Å². The molecule has 0 saturated carbocycles. The lowest BCUT2D eigenvalue weighted by Gasteiger charge is -2.30. The quantitative estimate of drug-likeness (QED) is 0.320. The molecule has 4 rings (SSSR count). The molecule has 1 atom stereocenters. The van der Waals surface area contributed by atoms with E-state index in [-0.39, 0.29) is 24.8 Å². The first-order chi connectivity index (χ1) is 17.4. The number of hydrogen-bond donors (Lipinski definition) is 1. The number of rotatable bonds is 10. The van der Waals surface area contributed by atoms with Crippen LogP contribution in [0.3, 0.4) is 0 Å². The van der Waals surface area contributed by atoms with Crippen LogP contribution >= 0.6 is 11.6 Å². The van der Waals surface area contributed by atoms with E-state index in [1.807, 2.05) is 62.4 Å². The minimum atomic E-state index is -0.417. The molecule has 0 bridgehead atoms. The molecule has 0 aliphatic heterocycles. The zero-order chi connectivity index (χ0) is 25.7. The molecule has 0 amide bonds. The summed E-state index contributed by atoms with van der Waals surface area (Å²) in [4.78, 5) is 30.3. The van der Waals surface area contributed by atoms with Gasteiger partial charge >= 0.3 is 5.97 Å². The van der Waals surface area contributed by atoms with Crippen LogP contribution in [-0.2, 0) is 29.2 Å². The number of nitrogens with one attached hydrogen (secondary N) is 1. The maximum Gasteiger partial charge on any atom is 0.327 e. The lowest BCUT2D eigenvalue weighted by Crippen LogP contribution is -2.33. The molecule has 9 nitrogen and oxygen atoms in total. The second-order valence-corrected chi connectivity index (χ2v) is 9.04. The SMILES string of the molecule is CCOC(=O)Cn1nnnc1[C@H](CC)N(Cc1ccccc1Cl)Cc1cc2cc(C)ccc2[nH]c1=O. The van der Waals surface area contributed by atoms with Gasteiger partial charge in [-0.2, -0.15) is 0 Å². The molecule has 0 saturated heterocycles. The Morgan fingerprint density at radius 1 is 1.14 bits per heavy atom. The van der Waals surface area contributed by atoms with Gasteiger partial charge in [-0.05, 0) is 65.9 Å². The highest BCUT2D eigenvalue weighted by Gasteiger charge is 2.27. The summed E-state index contributed by atoms with van der Waals surface area (Å²) < 4.78 is 6.54. The summed E-state index contributed by atoms with van der Waals surface area (Å²) >= 11 is 6.50. The summed E-state index contributed by atoms with van der Waals surface area (Å²) in [5, 5.41) is 13.7. The first-order valence-electron chi connectivity index (χ1n) is 11.9. The molecular formula is C26H29ClN6O3. The van der Waals surface area contributed by atoms with Crippen LogP contribution in [0.1, 0.15) is 48.8 Å². The fraction of sp³-hybridized carbons (Fsp3) is 0.346. The van der Waals surface area contributed by atoms with Crippen molar-refractivity contribution in [1.82, 2.24) is 30.1 Å². The topological polar surface area (TPSA) is 106 Å². The Morgan fingerprint density at radius 3 is 2.67 bits per heavy atom. The van der Waals surface area contributed by atoms with Gasteiger partial charge in [-0.1, -0.05) is 48.4 Å². The number of carbonyl (C=O) groups is 1. The van der Waals surface area contributed by atoms with E-state index in [4.69, 9.17) is 16.3 Å². The van der Waals surface area contributed by atoms with Crippen LogP contribution in [0.4, 0.5) is 0 Å². The number of fused-ring (bicyclic) bond motifs is 1. The monoisotopic (exact) mass is 508 g/mol. The molecule has 2 aromatic carbocycles. The van der Waals surface area contributed by atoms with Crippen LogP contribution in [-0.4, -0.2) is 42.7 Å². The first kappa shape index (κ1) is 25.5. The van der Waals surface area contributed by atoms with Crippen LogP contribution in [0.25, 0.3) is 10.9 Å². The summed E-state index contributed by atoms with van der Waals surface area (Å²) in [7, 11) is 0. The largest absolute Gasteiger partial charge is 0.465 e. The zero-order valence-corrected chi connectivity index (χ0v) is 21.3. The Balaban J connectivity index is 1.74. The first-order valence-corrected chi connectivity index (χ1v) is 12.3. The highest BCUT2D eigenvalue weighted by Crippen LogP contribution is 2.28.